The van der Waals surface area contributed by atoms with Gasteiger partial charge < -0.3 is 24.6 Å². The molecule has 0 radical (unpaired) electrons. The summed E-state index contributed by atoms with van der Waals surface area (Å²) in [6.45, 7) is 3.89. The second kappa shape index (κ2) is 7.92. The molecular weight excluding hydrogens is 394 g/mol. The first-order valence-electron chi connectivity index (χ1n) is 9.65. The molecule has 0 unspecified atom stereocenters. The molecule has 0 amide bonds. The smallest absolute Gasteiger partial charge is 0.388 e. The van der Waals surface area contributed by atoms with Crippen molar-refractivity contribution in [3.63, 3.8) is 0 Å². The van der Waals surface area contributed by atoms with Gasteiger partial charge in [0.2, 0.25) is 11.8 Å². The van der Waals surface area contributed by atoms with Crippen LogP contribution in [0.2, 0.25) is 0 Å². The number of nitrogens with one attached hydrogen (secondary N) is 1. The number of alkyl halides is 2. The third kappa shape index (κ3) is 4.07. The number of hydrogen-bond donors (Lipinski definition) is 1. The summed E-state index contributed by atoms with van der Waals surface area (Å²) in [6, 6.07) is 3.13. The lowest BCUT2D eigenvalue weighted by Gasteiger charge is -2.38. The van der Waals surface area contributed by atoms with E-state index in [-0.39, 0.29) is 18.0 Å². The van der Waals surface area contributed by atoms with Crippen LogP contribution in [0.4, 0.5) is 26.2 Å². The fourth-order valence-corrected chi connectivity index (χ4v) is 3.64. The number of pyridine rings is 1. The second-order valence-corrected chi connectivity index (χ2v) is 7.55. The Balaban J connectivity index is 1.34. The monoisotopic (exact) mass is 418 g/mol. The second-order valence-electron chi connectivity index (χ2n) is 7.55. The predicted octanol–water partition coefficient (Wildman–Crippen LogP) is 3.20. The molecule has 0 aromatic carbocycles. The molecule has 1 aliphatic heterocycles. The van der Waals surface area contributed by atoms with Crippen LogP contribution in [0.1, 0.15) is 18.5 Å². The molecule has 4 rings (SSSR count). The van der Waals surface area contributed by atoms with E-state index in [2.05, 4.69) is 31.5 Å². The van der Waals surface area contributed by atoms with E-state index in [9.17, 15) is 8.78 Å². The largest absolute Gasteiger partial charge is 0.489 e. The Labute approximate surface area is 173 Å². The van der Waals surface area contributed by atoms with Gasteiger partial charge in [0.25, 0.3) is 0 Å². The maximum Gasteiger partial charge on any atom is 0.388 e. The van der Waals surface area contributed by atoms with E-state index in [1.54, 1.807) is 6.07 Å². The van der Waals surface area contributed by atoms with Gasteiger partial charge in [-0.05, 0) is 13.0 Å². The predicted molar refractivity (Wildman–Crippen MR) is 110 cm³/mol. The fraction of sp³-hybridized carbons (Fsp3) is 0.450. The van der Waals surface area contributed by atoms with Gasteiger partial charge in [-0.15, -0.1) is 0 Å². The number of ether oxygens (including phenoxy) is 2. The van der Waals surface area contributed by atoms with E-state index < -0.39 is 6.61 Å². The average Bonchev–Trinajstić information content (AvgIpc) is 2.65. The number of nitrogens with zero attached hydrogens (tertiary/aromatic N) is 5. The number of fused-ring (bicyclic) bond motifs is 1. The Bertz CT molecular complexity index is 934. The molecule has 0 bridgehead atoms. The molecule has 1 saturated carbocycles. The number of hydrogen-bond acceptors (Lipinski definition) is 8. The summed E-state index contributed by atoms with van der Waals surface area (Å²) >= 11 is 0. The van der Waals surface area contributed by atoms with Crippen LogP contribution < -0.4 is 24.6 Å². The topological polar surface area (TPSA) is 75.6 Å². The lowest BCUT2D eigenvalue weighted by atomic mass is 9.89. The van der Waals surface area contributed by atoms with Crippen LogP contribution in [-0.4, -0.2) is 54.3 Å². The summed E-state index contributed by atoms with van der Waals surface area (Å²) in [6.07, 6.45) is 2.96. The number of likely N-dealkylation sites (N-methyl/N-ethyl adjacent to an activating group) is 2. The van der Waals surface area contributed by atoms with Crippen molar-refractivity contribution < 1.29 is 18.3 Å². The third-order valence-corrected chi connectivity index (χ3v) is 5.28. The van der Waals surface area contributed by atoms with E-state index in [1.165, 1.54) is 12.3 Å². The van der Waals surface area contributed by atoms with Crippen molar-refractivity contribution in [3.8, 4) is 11.6 Å². The number of rotatable bonds is 6. The van der Waals surface area contributed by atoms with Crippen molar-refractivity contribution in [2.24, 2.45) is 0 Å². The highest BCUT2D eigenvalue weighted by atomic mass is 19.3. The zero-order valence-electron chi connectivity index (χ0n) is 17.1. The Kier molecular flexibility index (Phi) is 5.31. The van der Waals surface area contributed by atoms with Crippen LogP contribution in [0.3, 0.4) is 0 Å². The molecule has 2 aromatic rings. The number of aryl methyl sites for hydroxylation is 1. The molecule has 160 valence electrons. The molecule has 3 heterocycles. The molecule has 0 atom stereocenters. The molecule has 2 aliphatic rings. The molecule has 1 N–H and O–H groups in total. The summed E-state index contributed by atoms with van der Waals surface area (Å²) in [7, 11) is 3.97. The summed E-state index contributed by atoms with van der Waals surface area (Å²) in [5.41, 5.74) is 2.86. The van der Waals surface area contributed by atoms with Crippen LogP contribution in [0, 0.1) is 6.92 Å². The summed E-state index contributed by atoms with van der Waals surface area (Å²) < 4.78 is 34.4. The van der Waals surface area contributed by atoms with E-state index in [0.717, 1.165) is 35.7 Å². The molecular formula is C20H24F2N6O2. The maximum absolute atomic E-state index is 12.2. The molecule has 1 aliphatic carbocycles. The van der Waals surface area contributed by atoms with Crippen LogP contribution >= 0.6 is 0 Å². The SMILES string of the molecule is C=C1CN(C)c2nc(NC3CC(Oc4ccc(OC(F)F)nc4)C3)nc(C)c2N1C. The van der Waals surface area contributed by atoms with Gasteiger partial charge in [0, 0.05) is 44.7 Å². The van der Waals surface area contributed by atoms with Crippen LogP contribution in [0.15, 0.2) is 30.6 Å². The quantitative estimate of drug-likeness (QED) is 0.767. The normalized spacial score (nSPS) is 20.7. The number of anilines is 3. The van der Waals surface area contributed by atoms with Gasteiger partial charge in [0.15, 0.2) is 5.82 Å². The molecule has 0 saturated heterocycles. The molecule has 10 heteroatoms. The minimum Gasteiger partial charge on any atom is -0.489 e. The maximum atomic E-state index is 12.2. The van der Waals surface area contributed by atoms with Gasteiger partial charge in [-0.1, -0.05) is 6.58 Å². The highest BCUT2D eigenvalue weighted by Crippen LogP contribution is 2.36. The van der Waals surface area contributed by atoms with Gasteiger partial charge in [0.05, 0.1) is 18.4 Å². The Morgan fingerprint density at radius 3 is 2.67 bits per heavy atom. The van der Waals surface area contributed by atoms with E-state index >= 15 is 0 Å². The zero-order valence-corrected chi connectivity index (χ0v) is 17.1. The van der Waals surface area contributed by atoms with E-state index in [1.807, 2.05) is 25.9 Å². The lowest BCUT2D eigenvalue weighted by Crippen LogP contribution is -2.43. The number of halogens is 2. The number of aromatic nitrogens is 3. The van der Waals surface area contributed by atoms with Crippen LogP contribution in [-0.2, 0) is 0 Å². The molecule has 30 heavy (non-hydrogen) atoms. The molecule has 0 spiro atoms. The van der Waals surface area contributed by atoms with E-state index in [4.69, 9.17) is 9.72 Å². The summed E-state index contributed by atoms with van der Waals surface area (Å²) in [4.78, 5) is 17.2. The first-order valence-corrected chi connectivity index (χ1v) is 9.65. The van der Waals surface area contributed by atoms with Crippen molar-refractivity contribution >= 4 is 17.5 Å². The first kappa shape index (κ1) is 20.1. The summed E-state index contributed by atoms with van der Waals surface area (Å²) in [5.74, 6) is 1.86. The highest BCUT2D eigenvalue weighted by molar-refractivity contribution is 5.76. The van der Waals surface area contributed by atoms with Gasteiger partial charge in [0.1, 0.15) is 17.5 Å². The Hall–Kier alpha value is -3.17. The fourth-order valence-electron chi connectivity index (χ4n) is 3.64. The Morgan fingerprint density at radius 2 is 2.00 bits per heavy atom. The van der Waals surface area contributed by atoms with Gasteiger partial charge in [-0.2, -0.15) is 13.8 Å². The standard InChI is InChI=1S/C20H24F2N6O2/c1-11-10-27(3)18-17(28(11)4)12(2)24-20(26-18)25-13-7-15(8-13)29-14-5-6-16(23-9-14)30-19(21)22/h5-6,9,13,15,19H,1,7-8,10H2,2-4H3,(H,24,25,26). The zero-order chi connectivity index (χ0) is 21.4. The molecule has 2 aromatic heterocycles. The van der Waals surface area contributed by atoms with Gasteiger partial charge in [-0.3, -0.25) is 0 Å². The van der Waals surface area contributed by atoms with E-state index in [0.29, 0.717) is 18.2 Å². The van der Waals surface area contributed by atoms with Crippen molar-refractivity contribution in [1.82, 2.24) is 15.0 Å². The van der Waals surface area contributed by atoms with Gasteiger partial charge >= 0.3 is 6.61 Å². The van der Waals surface area contributed by atoms with Crippen molar-refractivity contribution in [2.75, 3.05) is 35.8 Å². The minimum absolute atomic E-state index is 0.0158. The average molecular weight is 418 g/mol. The first-order chi connectivity index (χ1) is 14.3. The molecule has 1 fully saturated rings. The Morgan fingerprint density at radius 1 is 1.23 bits per heavy atom. The van der Waals surface area contributed by atoms with Crippen molar-refractivity contribution in [3.05, 3.63) is 36.3 Å². The lowest BCUT2D eigenvalue weighted by molar-refractivity contribution is -0.0529. The molecule has 8 nitrogen and oxygen atoms in total. The van der Waals surface area contributed by atoms with Crippen molar-refractivity contribution in [2.45, 2.75) is 38.5 Å². The minimum atomic E-state index is -2.89. The highest BCUT2D eigenvalue weighted by Gasteiger charge is 2.32. The third-order valence-electron chi connectivity index (χ3n) is 5.28. The van der Waals surface area contributed by atoms with Gasteiger partial charge in [-0.25, -0.2) is 9.97 Å². The van der Waals surface area contributed by atoms with Crippen LogP contribution in [0.25, 0.3) is 0 Å². The van der Waals surface area contributed by atoms with Crippen molar-refractivity contribution in [1.29, 1.82) is 0 Å². The van der Waals surface area contributed by atoms with Crippen LogP contribution in [0.5, 0.6) is 11.6 Å². The summed E-state index contributed by atoms with van der Waals surface area (Å²) in [5, 5.41) is 3.37.